The van der Waals surface area contributed by atoms with Crippen LogP contribution in [0.2, 0.25) is 0 Å². The third kappa shape index (κ3) is 5.24. The Morgan fingerprint density at radius 2 is 1.23 bits per heavy atom. The molecule has 232 valence electrons. The second kappa shape index (κ2) is 12.2. The largest absolute Gasteiger partial charge is 0.460 e. The minimum Gasteiger partial charge on any atom is -0.460 e. The standard InChI is InChI=1S/C46H37NO/c1-3-9-32(10-4-1)34-15-23-39(24-16-34)47(40-25-17-35(18-26-40)33-11-5-2-6-12-33)41-27-19-36(20-28-41)38-21-29-43-45(31-38)48-44-30-22-37-13-7-8-14-42(37)46(43)44/h1-5,7-11,13-19,21,23-27,29,31H,6,12,20,22,28,30H2. The van der Waals surface area contributed by atoms with E-state index in [9.17, 15) is 0 Å². The van der Waals surface area contributed by atoms with Crippen molar-refractivity contribution in [3.8, 4) is 22.3 Å². The minimum absolute atomic E-state index is 0.948. The molecule has 0 aliphatic heterocycles. The second-order valence-corrected chi connectivity index (χ2v) is 13.1. The van der Waals surface area contributed by atoms with E-state index in [0.717, 1.165) is 49.9 Å². The lowest BCUT2D eigenvalue weighted by molar-refractivity contribution is 0.546. The lowest BCUT2D eigenvalue weighted by Gasteiger charge is -2.30. The molecule has 6 aromatic rings. The Balaban J connectivity index is 1.06. The zero-order valence-electron chi connectivity index (χ0n) is 27.0. The maximum atomic E-state index is 6.49. The van der Waals surface area contributed by atoms with Crippen LogP contribution in [0.5, 0.6) is 0 Å². The molecule has 0 saturated carbocycles. The molecule has 0 spiro atoms. The van der Waals surface area contributed by atoms with Gasteiger partial charge in [0.15, 0.2) is 0 Å². The summed E-state index contributed by atoms with van der Waals surface area (Å²) in [6.07, 6.45) is 17.4. The first kappa shape index (κ1) is 28.6. The summed E-state index contributed by atoms with van der Waals surface area (Å²) in [6.45, 7) is 0. The molecule has 3 aliphatic carbocycles. The van der Waals surface area contributed by atoms with Crippen LogP contribution in [0.4, 0.5) is 11.4 Å². The highest BCUT2D eigenvalue weighted by Gasteiger charge is 2.24. The van der Waals surface area contributed by atoms with Crippen LogP contribution >= 0.6 is 0 Å². The molecular formula is C46H37NO. The summed E-state index contributed by atoms with van der Waals surface area (Å²) >= 11 is 0. The van der Waals surface area contributed by atoms with Gasteiger partial charge in [-0.3, -0.25) is 0 Å². The third-order valence-electron chi connectivity index (χ3n) is 10.2. The molecule has 0 amide bonds. The summed E-state index contributed by atoms with van der Waals surface area (Å²) < 4.78 is 6.49. The SMILES string of the molecule is C1=CCCC(c2ccc(N(C3=CC=C(c4ccc5c6c(oc5c4)CCc4ccccc4-6)CC3)c3ccc(-c4ccccc4)cc3)cc2)=C1. The highest BCUT2D eigenvalue weighted by atomic mass is 16.3. The Labute approximate surface area is 282 Å². The van der Waals surface area contributed by atoms with Gasteiger partial charge in [0.05, 0.1) is 0 Å². The number of anilines is 2. The van der Waals surface area contributed by atoms with Crippen molar-refractivity contribution in [2.75, 3.05) is 4.90 Å². The van der Waals surface area contributed by atoms with Gasteiger partial charge in [-0.2, -0.15) is 0 Å². The van der Waals surface area contributed by atoms with Crippen LogP contribution in [-0.4, -0.2) is 0 Å². The summed E-state index contributed by atoms with van der Waals surface area (Å²) in [5.74, 6) is 1.12. The Morgan fingerprint density at radius 1 is 0.521 bits per heavy atom. The van der Waals surface area contributed by atoms with E-state index in [4.69, 9.17) is 4.42 Å². The van der Waals surface area contributed by atoms with Gasteiger partial charge in [-0.05, 0) is 119 Å². The molecule has 3 aliphatic rings. The second-order valence-electron chi connectivity index (χ2n) is 13.1. The number of rotatable bonds is 6. The summed E-state index contributed by atoms with van der Waals surface area (Å²) in [7, 11) is 0. The summed E-state index contributed by atoms with van der Waals surface area (Å²) in [6, 6.07) is 44.3. The van der Waals surface area contributed by atoms with E-state index in [1.165, 1.54) is 72.5 Å². The van der Waals surface area contributed by atoms with Gasteiger partial charge in [0, 0.05) is 34.4 Å². The van der Waals surface area contributed by atoms with E-state index in [-0.39, 0.29) is 0 Å². The Morgan fingerprint density at radius 3 is 1.98 bits per heavy atom. The normalized spacial score (nSPS) is 15.3. The van der Waals surface area contributed by atoms with Crippen molar-refractivity contribution < 1.29 is 4.42 Å². The molecule has 0 saturated heterocycles. The van der Waals surface area contributed by atoms with Crippen LogP contribution < -0.4 is 4.90 Å². The van der Waals surface area contributed by atoms with Crippen molar-refractivity contribution in [2.24, 2.45) is 0 Å². The van der Waals surface area contributed by atoms with Crippen molar-refractivity contribution in [1.82, 2.24) is 0 Å². The number of fused-ring (bicyclic) bond motifs is 5. The number of benzene rings is 5. The first-order valence-corrected chi connectivity index (χ1v) is 17.2. The van der Waals surface area contributed by atoms with Gasteiger partial charge < -0.3 is 9.32 Å². The molecule has 1 aromatic heterocycles. The van der Waals surface area contributed by atoms with E-state index >= 15 is 0 Å². The Bertz CT molecular complexity index is 2260. The fourth-order valence-electron chi connectivity index (χ4n) is 7.68. The molecule has 9 rings (SSSR count). The van der Waals surface area contributed by atoms with Crippen molar-refractivity contribution in [2.45, 2.75) is 38.5 Å². The first-order chi connectivity index (χ1) is 23.8. The fraction of sp³-hybridized carbons (Fsp3) is 0.130. The topological polar surface area (TPSA) is 16.4 Å². The molecule has 0 bridgehead atoms. The lowest BCUT2D eigenvalue weighted by atomic mass is 9.88. The molecule has 5 aromatic carbocycles. The predicted octanol–water partition coefficient (Wildman–Crippen LogP) is 12.5. The van der Waals surface area contributed by atoms with Crippen LogP contribution in [0.15, 0.2) is 162 Å². The van der Waals surface area contributed by atoms with Crippen molar-refractivity contribution in [3.05, 3.63) is 180 Å². The van der Waals surface area contributed by atoms with Crippen molar-refractivity contribution >= 4 is 33.5 Å². The average molecular weight is 620 g/mol. The van der Waals surface area contributed by atoms with E-state index in [2.05, 4.69) is 157 Å². The molecule has 0 radical (unpaired) electrons. The van der Waals surface area contributed by atoms with Gasteiger partial charge in [-0.25, -0.2) is 0 Å². The summed E-state index contributed by atoms with van der Waals surface area (Å²) in [5.41, 5.74) is 16.5. The van der Waals surface area contributed by atoms with Gasteiger partial charge >= 0.3 is 0 Å². The monoisotopic (exact) mass is 619 g/mol. The number of nitrogens with zero attached hydrogens (tertiary/aromatic N) is 1. The van der Waals surface area contributed by atoms with Crippen molar-refractivity contribution in [3.63, 3.8) is 0 Å². The number of hydrogen-bond donors (Lipinski definition) is 0. The minimum atomic E-state index is 0.948. The van der Waals surface area contributed by atoms with E-state index in [0.29, 0.717) is 0 Å². The van der Waals surface area contributed by atoms with Gasteiger partial charge in [0.25, 0.3) is 0 Å². The van der Waals surface area contributed by atoms with Crippen LogP contribution in [0.3, 0.4) is 0 Å². The number of furan rings is 1. The molecule has 48 heavy (non-hydrogen) atoms. The van der Waals surface area contributed by atoms with Gasteiger partial charge in [-0.15, -0.1) is 0 Å². The molecule has 0 N–H and O–H groups in total. The highest BCUT2D eigenvalue weighted by Crippen LogP contribution is 2.43. The lowest BCUT2D eigenvalue weighted by Crippen LogP contribution is -2.18. The predicted molar refractivity (Wildman–Crippen MR) is 201 cm³/mol. The maximum absolute atomic E-state index is 6.49. The quantitative estimate of drug-likeness (QED) is 0.184. The molecular weight excluding hydrogens is 583 g/mol. The van der Waals surface area contributed by atoms with Crippen molar-refractivity contribution in [1.29, 1.82) is 0 Å². The van der Waals surface area contributed by atoms with E-state index in [1.54, 1.807) is 0 Å². The van der Waals surface area contributed by atoms with Gasteiger partial charge in [-0.1, -0.05) is 109 Å². The fourth-order valence-corrected chi connectivity index (χ4v) is 7.68. The highest BCUT2D eigenvalue weighted by molar-refractivity contribution is 5.98. The van der Waals surface area contributed by atoms with E-state index < -0.39 is 0 Å². The zero-order chi connectivity index (χ0) is 31.9. The number of hydrogen-bond acceptors (Lipinski definition) is 2. The number of allylic oxidation sites excluding steroid dienone is 8. The summed E-state index contributed by atoms with van der Waals surface area (Å²) in [5, 5.41) is 1.22. The van der Waals surface area contributed by atoms with Crippen LogP contribution in [0.25, 0.3) is 44.4 Å². The van der Waals surface area contributed by atoms with Gasteiger partial charge in [0.2, 0.25) is 0 Å². The Hall–Kier alpha value is -5.60. The smallest absolute Gasteiger partial charge is 0.135 e. The molecule has 0 atom stereocenters. The molecule has 0 unspecified atom stereocenters. The van der Waals surface area contributed by atoms with Crippen LogP contribution in [0, 0.1) is 0 Å². The third-order valence-corrected chi connectivity index (χ3v) is 10.2. The summed E-state index contributed by atoms with van der Waals surface area (Å²) in [4.78, 5) is 2.43. The molecule has 0 fully saturated rings. The first-order valence-electron chi connectivity index (χ1n) is 17.2. The van der Waals surface area contributed by atoms with E-state index in [1.807, 2.05) is 0 Å². The maximum Gasteiger partial charge on any atom is 0.135 e. The molecule has 1 heterocycles. The zero-order valence-corrected chi connectivity index (χ0v) is 27.0. The van der Waals surface area contributed by atoms with Crippen LogP contribution in [-0.2, 0) is 12.8 Å². The Kier molecular flexibility index (Phi) is 7.28. The molecule has 2 nitrogen and oxygen atoms in total. The van der Waals surface area contributed by atoms with Gasteiger partial charge in [0.1, 0.15) is 11.3 Å². The number of aryl methyl sites for hydroxylation is 2. The molecule has 2 heteroatoms. The average Bonchev–Trinajstić information content (AvgIpc) is 3.55. The van der Waals surface area contributed by atoms with Crippen LogP contribution in [0.1, 0.15) is 48.1 Å².